The van der Waals surface area contributed by atoms with Crippen molar-refractivity contribution in [1.82, 2.24) is 4.90 Å². The number of esters is 1. The van der Waals surface area contributed by atoms with Crippen molar-refractivity contribution in [3.63, 3.8) is 0 Å². The van der Waals surface area contributed by atoms with Crippen molar-refractivity contribution in [2.75, 3.05) is 32.1 Å². The van der Waals surface area contributed by atoms with Gasteiger partial charge in [0.05, 0.1) is 18.1 Å². The molecule has 1 aromatic carbocycles. The molecule has 0 unspecified atom stereocenters. The molecule has 1 amide bonds. The first-order valence-corrected chi connectivity index (χ1v) is 7.78. The quantitative estimate of drug-likeness (QED) is 0.868. The van der Waals surface area contributed by atoms with E-state index in [9.17, 15) is 9.59 Å². The average molecular weight is 304 g/mol. The molecule has 5 heteroatoms. The van der Waals surface area contributed by atoms with E-state index in [-0.39, 0.29) is 17.8 Å². The normalized spacial score (nSPS) is 18.8. The van der Waals surface area contributed by atoms with Gasteiger partial charge < -0.3 is 15.0 Å². The fraction of sp³-hybridized carbons (Fsp3) is 0.529. The van der Waals surface area contributed by atoms with E-state index < -0.39 is 0 Å². The van der Waals surface area contributed by atoms with Crippen LogP contribution in [-0.4, -0.2) is 43.5 Å². The Morgan fingerprint density at radius 3 is 2.82 bits per heavy atom. The molecular weight excluding hydrogens is 280 g/mol. The van der Waals surface area contributed by atoms with Crippen molar-refractivity contribution >= 4 is 17.6 Å². The van der Waals surface area contributed by atoms with Crippen LogP contribution in [-0.2, 0) is 9.53 Å². The molecule has 120 valence electrons. The Morgan fingerprint density at radius 2 is 2.18 bits per heavy atom. The predicted molar refractivity (Wildman–Crippen MR) is 86.0 cm³/mol. The second kappa shape index (κ2) is 7.40. The fourth-order valence-electron chi connectivity index (χ4n) is 2.76. The van der Waals surface area contributed by atoms with Crippen molar-refractivity contribution in [1.29, 1.82) is 0 Å². The van der Waals surface area contributed by atoms with Crippen LogP contribution in [0.3, 0.4) is 0 Å². The number of carbonyl (C=O) groups excluding carboxylic acids is 2. The zero-order valence-electron chi connectivity index (χ0n) is 13.5. The molecule has 1 N–H and O–H groups in total. The number of piperidine rings is 1. The van der Waals surface area contributed by atoms with Gasteiger partial charge >= 0.3 is 5.97 Å². The van der Waals surface area contributed by atoms with Crippen LogP contribution in [0.5, 0.6) is 0 Å². The van der Waals surface area contributed by atoms with Crippen LogP contribution < -0.4 is 5.32 Å². The molecule has 0 aromatic heterocycles. The molecule has 22 heavy (non-hydrogen) atoms. The van der Waals surface area contributed by atoms with Gasteiger partial charge in [-0.25, -0.2) is 4.79 Å². The highest BCUT2D eigenvalue weighted by atomic mass is 16.5. The van der Waals surface area contributed by atoms with Gasteiger partial charge in [-0.15, -0.1) is 0 Å². The van der Waals surface area contributed by atoms with Gasteiger partial charge in [0.1, 0.15) is 0 Å². The zero-order valence-corrected chi connectivity index (χ0v) is 13.5. The summed E-state index contributed by atoms with van der Waals surface area (Å²) in [5, 5.41) is 2.98. The molecule has 0 aliphatic carbocycles. The molecule has 0 radical (unpaired) electrons. The maximum absolute atomic E-state index is 12.4. The van der Waals surface area contributed by atoms with Crippen molar-refractivity contribution < 1.29 is 14.3 Å². The number of hydrogen-bond donors (Lipinski definition) is 1. The minimum Gasteiger partial charge on any atom is -0.462 e. The molecule has 1 aliphatic heterocycles. The number of rotatable bonds is 4. The number of benzene rings is 1. The Kier molecular flexibility index (Phi) is 5.55. The zero-order chi connectivity index (χ0) is 16.1. The first-order chi connectivity index (χ1) is 10.5. The minimum absolute atomic E-state index is 0.0304. The number of ether oxygens (including phenoxy) is 1. The number of anilines is 1. The monoisotopic (exact) mass is 304 g/mol. The Bertz CT molecular complexity index is 557. The lowest BCUT2D eigenvalue weighted by atomic mass is 9.97. The lowest BCUT2D eigenvalue weighted by Crippen LogP contribution is -2.38. The Hall–Kier alpha value is -1.88. The molecular formula is C17H24N2O3. The van der Waals surface area contributed by atoms with Gasteiger partial charge in [0.25, 0.3) is 0 Å². The molecule has 1 atom stereocenters. The van der Waals surface area contributed by atoms with Crippen LogP contribution in [0.2, 0.25) is 0 Å². The summed E-state index contributed by atoms with van der Waals surface area (Å²) in [6.45, 7) is 5.86. The number of likely N-dealkylation sites (tertiary alicyclic amines) is 1. The summed E-state index contributed by atoms with van der Waals surface area (Å²) < 4.78 is 4.98. The third-order valence-corrected chi connectivity index (χ3v) is 3.99. The topological polar surface area (TPSA) is 58.6 Å². The highest BCUT2D eigenvalue weighted by Crippen LogP contribution is 2.21. The molecule has 0 spiro atoms. The second-order valence-electron chi connectivity index (χ2n) is 5.84. The van der Waals surface area contributed by atoms with Crippen LogP contribution in [0.15, 0.2) is 18.2 Å². The van der Waals surface area contributed by atoms with Gasteiger partial charge in [0, 0.05) is 12.2 Å². The molecule has 1 aliphatic rings. The van der Waals surface area contributed by atoms with Crippen LogP contribution in [0.4, 0.5) is 5.69 Å². The Balaban J connectivity index is 2.03. The third kappa shape index (κ3) is 4.07. The van der Waals surface area contributed by atoms with Crippen molar-refractivity contribution in [2.45, 2.75) is 26.7 Å². The maximum atomic E-state index is 12.4. The van der Waals surface area contributed by atoms with Crippen LogP contribution in [0.25, 0.3) is 0 Å². The highest BCUT2D eigenvalue weighted by Gasteiger charge is 2.24. The summed E-state index contributed by atoms with van der Waals surface area (Å²) in [6, 6.07) is 5.21. The van der Waals surface area contributed by atoms with Crippen LogP contribution in [0.1, 0.15) is 35.7 Å². The number of hydrogen-bond acceptors (Lipinski definition) is 4. The fourth-order valence-corrected chi connectivity index (χ4v) is 2.76. The standard InChI is InChI=1S/C17H24N2O3/c1-4-22-17(21)13-7-8-15(12(2)10-13)18-16(20)14-6-5-9-19(3)11-14/h7-8,10,14H,4-6,9,11H2,1-3H3,(H,18,20)/t14-/m0/s1. The van der Waals surface area contributed by atoms with E-state index in [1.54, 1.807) is 25.1 Å². The molecule has 0 bridgehead atoms. The number of amides is 1. The van der Waals surface area contributed by atoms with E-state index >= 15 is 0 Å². The predicted octanol–water partition coefficient (Wildman–Crippen LogP) is 2.45. The highest BCUT2D eigenvalue weighted by molar-refractivity contribution is 5.95. The lowest BCUT2D eigenvalue weighted by molar-refractivity contribution is -0.121. The van der Waals surface area contributed by atoms with Crippen LogP contribution in [0, 0.1) is 12.8 Å². The molecule has 1 heterocycles. The van der Waals surface area contributed by atoms with E-state index in [4.69, 9.17) is 4.74 Å². The third-order valence-electron chi connectivity index (χ3n) is 3.99. The smallest absolute Gasteiger partial charge is 0.338 e. The van der Waals surface area contributed by atoms with E-state index in [2.05, 4.69) is 10.2 Å². The minimum atomic E-state index is -0.336. The van der Waals surface area contributed by atoms with E-state index in [0.29, 0.717) is 12.2 Å². The second-order valence-corrected chi connectivity index (χ2v) is 5.84. The molecule has 1 fully saturated rings. The first kappa shape index (κ1) is 16.5. The summed E-state index contributed by atoms with van der Waals surface area (Å²) >= 11 is 0. The molecule has 1 saturated heterocycles. The summed E-state index contributed by atoms with van der Waals surface area (Å²) in [5.41, 5.74) is 2.13. The van der Waals surface area contributed by atoms with Crippen LogP contribution >= 0.6 is 0 Å². The van der Waals surface area contributed by atoms with Gasteiger partial charge in [-0.05, 0) is 64.0 Å². The van der Waals surface area contributed by atoms with Gasteiger partial charge in [0.15, 0.2) is 0 Å². The molecule has 2 rings (SSSR count). The van der Waals surface area contributed by atoms with E-state index in [0.717, 1.165) is 37.2 Å². The maximum Gasteiger partial charge on any atom is 0.338 e. The van der Waals surface area contributed by atoms with Crippen molar-refractivity contribution in [3.05, 3.63) is 29.3 Å². The molecule has 5 nitrogen and oxygen atoms in total. The first-order valence-electron chi connectivity index (χ1n) is 7.78. The molecule has 0 saturated carbocycles. The van der Waals surface area contributed by atoms with Gasteiger partial charge in [-0.3, -0.25) is 4.79 Å². The summed E-state index contributed by atoms with van der Waals surface area (Å²) in [5.74, 6) is -0.251. The number of nitrogens with zero attached hydrogens (tertiary/aromatic N) is 1. The van der Waals surface area contributed by atoms with Crippen molar-refractivity contribution in [2.24, 2.45) is 5.92 Å². The van der Waals surface area contributed by atoms with Crippen molar-refractivity contribution in [3.8, 4) is 0 Å². The number of nitrogens with one attached hydrogen (secondary N) is 1. The summed E-state index contributed by atoms with van der Waals surface area (Å²) in [6.07, 6.45) is 1.98. The summed E-state index contributed by atoms with van der Waals surface area (Å²) in [4.78, 5) is 26.2. The van der Waals surface area contributed by atoms with E-state index in [1.807, 2.05) is 14.0 Å². The lowest BCUT2D eigenvalue weighted by Gasteiger charge is -2.28. The average Bonchev–Trinajstić information content (AvgIpc) is 2.49. The van der Waals surface area contributed by atoms with Gasteiger partial charge in [-0.1, -0.05) is 0 Å². The number of carbonyl (C=O) groups is 2. The molecule has 1 aromatic rings. The Morgan fingerprint density at radius 1 is 1.41 bits per heavy atom. The van der Waals surface area contributed by atoms with E-state index in [1.165, 1.54) is 0 Å². The van der Waals surface area contributed by atoms with Gasteiger partial charge in [0.2, 0.25) is 5.91 Å². The Labute approximate surface area is 131 Å². The SMILES string of the molecule is CCOC(=O)c1ccc(NC(=O)[C@H]2CCCN(C)C2)c(C)c1. The largest absolute Gasteiger partial charge is 0.462 e. The van der Waals surface area contributed by atoms with Gasteiger partial charge in [-0.2, -0.15) is 0 Å². The number of aryl methyl sites for hydroxylation is 1. The summed E-state index contributed by atoms with van der Waals surface area (Å²) in [7, 11) is 2.04.